The molecule has 0 bridgehead atoms. The van der Waals surface area contributed by atoms with Gasteiger partial charge in [0.15, 0.2) is 0 Å². The van der Waals surface area contributed by atoms with Gasteiger partial charge in [-0.05, 0) is 66.8 Å². The minimum atomic E-state index is -0.167. The van der Waals surface area contributed by atoms with Crippen LogP contribution in [-0.2, 0) is 35.6 Å². The Morgan fingerprint density at radius 3 is 2.65 bits per heavy atom. The van der Waals surface area contributed by atoms with Crippen LogP contribution >= 0.6 is 0 Å². The van der Waals surface area contributed by atoms with Crippen LogP contribution in [0.15, 0.2) is 73.6 Å². The molecular weight excluding hydrogens is 651 g/mol. The molecule has 0 spiro atoms. The van der Waals surface area contributed by atoms with E-state index in [4.69, 9.17) is 14.7 Å². The average Bonchev–Trinajstić information content (AvgIpc) is 3.76. The Morgan fingerprint density at radius 1 is 0.981 bits per heavy atom. The first kappa shape index (κ1) is 33.8. The zero-order chi connectivity index (χ0) is 35.6. The fraction of sp³-hybridized carbons (Fsp3) is 0.357. The molecule has 8 rings (SSSR count). The predicted octanol–water partition coefficient (Wildman–Crippen LogP) is 6.63. The Balaban J connectivity index is 0.928. The zero-order valence-electron chi connectivity index (χ0n) is 29.8. The van der Waals surface area contributed by atoms with E-state index in [2.05, 4.69) is 69.2 Å². The number of aryl methyl sites for hydroxylation is 1. The third kappa shape index (κ3) is 6.70. The number of pyridine rings is 2. The van der Waals surface area contributed by atoms with Gasteiger partial charge in [-0.2, -0.15) is 0 Å². The SMILES string of the molecule is C=C1NCc2c(CCCCCNC(=O)c3ccc(-c4cc5cccc(-c6nc(C7CCOCC7)n7c6CN(C(C)=O)CC7)c5cn4)cn3)cccc21. The summed E-state index contributed by atoms with van der Waals surface area (Å²) < 4.78 is 8.00. The van der Waals surface area contributed by atoms with Gasteiger partial charge in [0.1, 0.15) is 11.5 Å². The van der Waals surface area contributed by atoms with E-state index >= 15 is 0 Å². The number of hydrogen-bond acceptors (Lipinski definition) is 7. The second-order valence-electron chi connectivity index (χ2n) is 14.1. The van der Waals surface area contributed by atoms with Crippen molar-refractivity contribution < 1.29 is 14.3 Å². The zero-order valence-corrected chi connectivity index (χ0v) is 29.8. The van der Waals surface area contributed by atoms with Crippen LogP contribution in [0.2, 0.25) is 0 Å². The number of fused-ring (bicyclic) bond motifs is 3. The summed E-state index contributed by atoms with van der Waals surface area (Å²) in [6, 6.07) is 18.4. The fourth-order valence-electron chi connectivity index (χ4n) is 7.92. The number of aromatic nitrogens is 4. The standard InChI is InChI=1S/C42H45N7O3/c1-27-33-11-6-9-29(35(33)24-44-27)8-4-3-5-17-43-42(51)37-14-13-32(23-45-37)38-22-31-10-7-12-34(36(31)25-46-38)40-39-26-48(28(2)50)18-19-49(39)41(47-40)30-15-20-52-21-16-30/h6-7,9-14,22-23,25,30,44H,1,3-5,8,15-21,24,26H2,2H3,(H,43,51). The summed E-state index contributed by atoms with van der Waals surface area (Å²) in [5, 5.41) is 8.42. The number of unbranched alkanes of at least 4 members (excludes halogenated alkanes) is 2. The first-order valence-corrected chi connectivity index (χ1v) is 18.5. The Hall–Kier alpha value is -5.35. The number of benzene rings is 2. The normalized spacial score (nSPS) is 15.7. The summed E-state index contributed by atoms with van der Waals surface area (Å²) in [6.07, 6.45) is 9.59. The minimum absolute atomic E-state index is 0.0786. The van der Waals surface area contributed by atoms with Crippen molar-refractivity contribution in [3.63, 3.8) is 0 Å². The molecule has 2 N–H and O–H groups in total. The van der Waals surface area contributed by atoms with Gasteiger partial charge in [0.2, 0.25) is 5.91 Å². The summed E-state index contributed by atoms with van der Waals surface area (Å²) in [5.41, 5.74) is 10.0. The van der Waals surface area contributed by atoms with Crippen LogP contribution in [0, 0.1) is 0 Å². The number of amides is 2. The van der Waals surface area contributed by atoms with Crippen molar-refractivity contribution in [2.75, 3.05) is 26.3 Å². The van der Waals surface area contributed by atoms with Crippen molar-refractivity contribution in [2.45, 2.75) is 71.0 Å². The van der Waals surface area contributed by atoms with Crippen LogP contribution in [0.3, 0.4) is 0 Å². The first-order chi connectivity index (χ1) is 25.4. The lowest BCUT2D eigenvalue weighted by molar-refractivity contribution is -0.130. The van der Waals surface area contributed by atoms with Gasteiger partial charge in [0, 0.05) is 92.4 Å². The molecule has 10 heteroatoms. The van der Waals surface area contributed by atoms with Gasteiger partial charge >= 0.3 is 0 Å². The molecule has 0 atom stereocenters. The molecule has 6 heterocycles. The van der Waals surface area contributed by atoms with Crippen molar-refractivity contribution in [1.82, 2.24) is 35.1 Å². The van der Waals surface area contributed by atoms with Crippen LogP contribution in [0.4, 0.5) is 0 Å². The minimum Gasteiger partial charge on any atom is -0.381 e. The predicted molar refractivity (Wildman–Crippen MR) is 202 cm³/mol. The molecule has 10 nitrogen and oxygen atoms in total. The van der Waals surface area contributed by atoms with Gasteiger partial charge in [-0.25, -0.2) is 4.98 Å². The molecule has 0 aliphatic carbocycles. The molecule has 0 saturated carbocycles. The average molecular weight is 696 g/mol. The number of rotatable bonds is 10. The van der Waals surface area contributed by atoms with Gasteiger partial charge in [-0.3, -0.25) is 19.6 Å². The third-order valence-corrected chi connectivity index (χ3v) is 10.9. The topological polar surface area (TPSA) is 114 Å². The van der Waals surface area contributed by atoms with Crippen molar-refractivity contribution in [3.8, 4) is 22.5 Å². The quantitative estimate of drug-likeness (QED) is 0.158. The third-order valence-electron chi connectivity index (χ3n) is 10.9. The lowest BCUT2D eigenvalue weighted by atomic mass is 9.98. The monoisotopic (exact) mass is 695 g/mol. The van der Waals surface area contributed by atoms with Crippen LogP contribution < -0.4 is 10.6 Å². The fourth-order valence-corrected chi connectivity index (χ4v) is 7.92. The molecule has 2 aromatic carbocycles. The molecule has 3 aliphatic heterocycles. The van der Waals surface area contributed by atoms with E-state index in [0.717, 1.165) is 115 Å². The van der Waals surface area contributed by atoms with Crippen molar-refractivity contribution in [2.24, 2.45) is 0 Å². The molecular formula is C42H45N7O3. The number of carbonyl (C=O) groups is 2. The second kappa shape index (κ2) is 14.7. The largest absolute Gasteiger partial charge is 0.381 e. The molecule has 5 aromatic rings. The highest BCUT2D eigenvalue weighted by molar-refractivity contribution is 5.97. The van der Waals surface area contributed by atoms with E-state index in [9.17, 15) is 9.59 Å². The molecule has 52 heavy (non-hydrogen) atoms. The first-order valence-electron chi connectivity index (χ1n) is 18.5. The molecule has 0 radical (unpaired) electrons. The summed E-state index contributed by atoms with van der Waals surface area (Å²) >= 11 is 0. The van der Waals surface area contributed by atoms with Crippen molar-refractivity contribution in [1.29, 1.82) is 0 Å². The lowest BCUT2D eigenvalue weighted by Crippen LogP contribution is -2.37. The molecule has 0 unspecified atom stereocenters. The van der Waals surface area contributed by atoms with E-state index in [1.807, 2.05) is 17.2 Å². The van der Waals surface area contributed by atoms with Gasteiger partial charge in [-0.15, -0.1) is 0 Å². The maximum atomic E-state index is 12.9. The molecule has 2 amide bonds. The summed E-state index contributed by atoms with van der Waals surface area (Å²) in [4.78, 5) is 41.8. The smallest absolute Gasteiger partial charge is 0.269 e. The van der Waals surface area contributed by atoms with Crippen molar-refractivity contribution in [3.05, 3.63) is 107 Å². The molecule has 1 fully saturated rings. The molecule has 1 saturated heterocycles. The summed E-state index contributed by atoms with van der Waals surface area (Å²) in [6.45, 7) is 10.7. The van der Waals surface area contributed by atoms with Gasteiger partial charge in [0.25, 0.3) is 5.91 Å². The number of nitrogens with one attached hydrogen (secondary N) is 2. The Labute approximate surface area is 304 Å². The maximum absolute atomic E-state index is 12.9. The number of nitrogens with zero attached hydrogens (tertiary/aromatic N) is 5. The number of carbonyl (C=O) groups excluding carboxylic acids is 2. The van der Waals surface area contributed by atoms with Crippen molar-refractivity contribution >= 4 is 28.3 Å². The van der Waals surface area contributed by atoms with Crippen LogP contribution in [0.25, 0.3) is 39.0 Å². The van der Waals surface area contributed by atoms with E-state index in [0.29, 0.717) is 31.2 Å². The molecule has 3 aliphatic rings. The number of ether oxygens (including phenoxy) is 1. The number of imidazole rings is 1. The van der Waals surface area contributed by atoms with Gasteiger partial charge in [-0.1, -0.05) is 49.4 Å². The molecule has 3 aromatic heterocycles. The van der Waals surface area contributed by atoms with Crippen LogP contribution in [0.5, 0.6) is 0 Å². The summed E-state index contributed by atoms with van der Waals surface area (Å²) in [7, 11) is 0. The van der Waals surface area contributed by atoms with Gasteiger partial charge in [0.05, 0.1) is 23.6 Å². The van der Waals surface area contributed by atoms with E-state index < -0.39 is 0 Å². The van der Waals surface area contributed by atoms with E-state index in [1.165, 1.54) is 16.7 Å². The van der Waals surface area contributed by atoms with E-state index in [-0.39, 0.29) is 11.8 Å². The lowest BCUT2D eigenvalue weighted by Gasteiger charge is -2.30. The Bertz CT molecular complexity index is 2150. The molecule has 266 valence electrons. The Kier molecular flexibility index (Phi) is 9.56. The number of hydrogen-bond donors (Lipinski definition) is 2. The van der Waals surface area contributed by atoms with E-state index in [1.54, 1.807) is 19.2 Å². The summed E-state index contributed by atoms with van der Waals surface area (Å²) in [5.74, 6) is 1.35. The highest BCUT2D eigenvalue weighted by Gasteiger charge is 2.30. The Morgan fingerprint density at radius 2 is 1.83 bits per heavy atom. The van der Waals surface area contributed by atoms with Crippen LogP contribution in [-0.4, -0.2) is 62.5 Å². The maximum Gasteiger partial charge on any atom is 0.269 e. The second-order valence-corrected chi connectivity index (χ2v) is 14.1. The highest BCUT2D eigenvalue weighted by Crippen LogP contribution is 2.37. The highest BCUT2D eigenvalue weighted by atomic mass is 16.5. The van der Waals surface area contributed by atoms with Gasteiger partial charge < -0.3 is 24.8 Å². The van der Waals surface area contributed by atoms with Crippen LogP contribution in [0.1, 0.15) is 83.6 Å².